The van der Waals surface area contributed by atoms with Crippen LogP contribution in [0.5, 0.6) is 0 Å². The van der Waals surface area contributed by atoms with Gasteiger partial charge in [0.05, 0.1) is 12.7 Å². The van der Waals surface area contributed by atoms with E-state index in [1.165, 1.54) is 18.2 Å². The van der Waals surface area contributed by atoms with Crippen molar-refractivity contribution in [3.8, 4) is 0 Å². The Morgan fingerprint density at radius 2 is 2.12 bits per heavy atom. The van der Waals surface area contributed by atoms with Crippen molar-refractivity contribution >= 4 is 5.69 Å². The Hall–Kier alpha value is -1.20. The molecule has 0 saturated carbocycles. The van der Waals surface area contributed by atoms with Crippen molar-refractivity contribution in [1.82, 2.24) is 4.90 Å². The first-order chi connectivity index (χ1) is 8.16. The molecule has 1 heterocycles. The summed E-state index contributed by atoms with van der Waals surface area (Å²) in [5.74, 6) is -1.15. The van der Waals surface area contributed by atoms with Crippen LogP contribution in [0, 0.1) is 11.6 Å². The summed E-state index contributed by atoms with van der Waals surface area (Å²) in [5.41, 5.74) is -0.0793. The highest BCUT2D eigenvalue weighted by molar-refractivity contribution is 5.46. The van der Waals surface area contributed by atoms with Gasteiger partial charge in [-0.1, -0.05) is 6.07 Å². The van der Waals surface area contributed by atoms with Crippen molar-refractivity contribution in [2.45, 2.75) is 6.10 Å². The monoisotopic (exact) mass is 242 g/mol. The van der Waals surface area contributed by atoms with E-state index in [-0.39, 0.29) is 11.8 Å². The van der Waals surface area contributed by atoms with Gasteiger partial charge in [-0.3, -0.25) is 0 Å². The Morgan fingerprint density at radius 1 is 1.41 bits per heavy atom. The first-order valence-electron chi connectivity index (χ1n) is 5.65. The summed E-state index contributed by atoms with van der Waals surface area (Å²) in [6.45, 7) is 2.72. The molecule has 1 N–H and O–H groups in total. The summed E-state index contributed by atoms with van der Waals surface area (Å²) < 4.78 is 32.2. The number of para-hydroxylation sites is 1. The highest BCUT2D eigenvalue weighted by Crippen LogP contribution is 2.18. The number of halogens is 2. The lowest BCUT2D eigenvalue weighted by atomic mass is 10.2. The minimum Gasteiger partial charge on any atom is -0.378 e. The maximum absolute atomic E-state index is 13.3. The van der Waals surface area contributed by atoms with Gasteiger partial charge < -0.3 is 15.0 Å². The Labute approximate surface area is 99.4 Å². The van der Waals surface area contributed by atoms with E-state index >= 15 is 0 Å². The number of nitrogens with zero attached hydrogens (tertiary/aromatic N) is 1. The summed E-state index contributed by atoms with van der Waals surface area (Å²) in [5, 5.41) is 2.77. The quantitative estimate of drug-likeness (QED) is 0.873. The van der Waals surface area contributed by atoms with Gasteiger partial charge in [-0.25, -0.2) is 8.78 Å². The Kier molecular flexibility index (Phi) is 3.91. The van der Waals surface area contributed by atoms with Crippen LogP contribution in [-0.4, -0.2) is 44.3 Å². The number of hydrogen-bond donors (Lipinski definition) is 1. The number of nitrogens with one attached hydrogen (secondary N) is 1. The second kappa shape index (κ2) is 5.42. The van der Waals surface area contributed by atoms with E-state index in [1.807, 2.05) is 7.05 Å². The molecule has 5 heteroatoms. The molecule has 1 aromatic rings. The first kappa shape index (κ1) is 12.3. The van der Waals surface area contributed by atoms with Crippen LogP contribution in [0.15, 0.2) is 18.2 Å². The summed E-state index contributed by atoms with van der Waals surface area (Å²) >= 11 is 0. The van der Waals surface area contributed by atoms with Crippen LogP contribution >= 0.6 is 0 Å². The van der Waals surface area contributed by atoms with Gasteiger partial charge in [0, 0.05) is 19.6 Å². The Bertz CT molecular complexity index is 367. The van der Waals surface area contributed by atoms with Crippen LogP contribution < -0.4 is 5.32 Å². The second-order valence-corrected chi connectivity index (χ2v) is 4.23. The normalized spacial score (nSPS) is 21.5. The molecule has 1 unspecified atom stereocenters. The zero-order valence-electron chi connectivity index (χ0n) is 9.75. The molecule has 0 spiro atoms. The van der Waals surface area contributed by atoms with E-state index in [2.05, 4.69) is 10.2 Å². The van der Waals surface area contributed by atoms with Crippen molar-refractivity contribution in [1.29, 1.82) is 0 Å². The highest BCUT2D eigenvalue weighted by Gasteiger charge is 2.18. The van der Waals surface area contributed by atoms with Crippen LogP contribution in [0.3, 0.4) is 0 Å². The molecular weight excluding hydrogens is 226 g/mol. The number of hydrogen-bond acceptors (Lipinski definition) is 3. The Balaban J connectivity index is 1.93. The molecule has 0 amide bonds. The molecule has 1 atom stereocenters. The van der Waals surface area contributed by atoms with Crippen LogP contribution in [0.25, 0.3) is 0 Å². The molecule has 1 fully saturated rings. The Morgan fingerprint density at radius 3 is 2.76 bits per heavy atom. The van der Waals surface area contributed by atoms with Gasteiger partial charge in [0.25, 0.3) is 0 Å². The minimum atomic E-state index is -0.575. The molecule has 94 valence electrons. The molecule has 0 aliphatic carbocycles. The molecular formula is C12H16F2N2O. The molecule has 1 aliphatic heterocycles. The van der Waals surface area contributed by atoms with E-state index in [1.54, 1.807) is 0 Å². The van der Waals surface area contributed by atoms with Crippen molar-refractivity contribution < 1.29 is 13.5 Å². The smallest absolute Gasteiger partial charge is 0.149 e. The first-order valence-corrected chi connectivity index (χ1v) is 5.65. The molecule has 2 rings (SSSR count). The number of anilines is 1. The molecule has 17 heavy (non-hydrogen) atoms. The predicted molar refractivity (Wildman–Crippen MR) is 62.1 cm³/mol. The van der Waals surface area contributed by atoms with Crippen molar-refractivity contribution in [3.63, 3.8) is 0 Å². The minimum absolute atomic E-state index is 0.0345. The van der Waals surface area contributed by atoms with Gasteiger partial charge in [-0.05, 0) is 19.2 Å². The fourth-order valence-corrected chi connectivity index (χ4v) is 1.87. The average Bonchev–Trinajstić information content (AvgIpc) is 2.28. The molecule has 0 aromatic heterocycles. The lowest BCUT2D eigenvalue weighted by molar-refractivity contribution is -0.0117. The highest BCUT2D eigenvalue weighted by atomic mass is 19.1. The lowest BCUT2D eigenvalue weighted by Gasteiger charge is -2.30. The van der Waals surface area contributed by atoms with E-state index in [0.29, 0.717) is 13.2 Å². The van der Waals surface area contributed by atoms with E-state index < -0.39 is 11.6 Å². The maximum atomic E-state index is 13.3. The second-order valence-electron chi connectivity index (χ2n) is 4.23. The molecule has 0 bridgehead atoms. The van der Waals surface area contributed by atoms with Gasteiger partial charge in [0.1, 0.15) is 17.3 Å². The third-order valence-electron chi connectivity index (χ3n) is 2.81. The number of rotatable bonds is 3. The number of benzene rings is 1. The third-order valence-corrected chi connectivity index (χ3v) is 2.81. The van der Waals surface area contributed by atoms with Crippen LogP contribution in [0.1, 0.15) is 0 Å². The molecule has 1 saturated heterocycles. The van der Waals surface area contributed by atoms with Gasteiger partial charge in [0.15, 0.2) is 0 Å². The fourth-order valence-electron chi connectivity index (χ4n) is 1.87. The average molecular weight is 242 g/mol. The topological polar surface area (TPSA) is 24.5 Å². The summed E-state index contributed by atoms with van der Waals surface area (Å²) in [4.78, 5) is 2.13. The van der Waals surface area contributed by atoms with Gasteiger partial charge in [0.2, 0.25) is 0 Å². The predicted octanol–water partition coefficient (Wildman–Crippen LogP) is 1.71. The van der Waals surface area contributed by atoms with E-state index in [4.69, 9.17) is 4.74 Å². The van der Waals surface area contributed by atoms with Gasteiger partial charge >= 0.3 is 0 Å². The standard InChI is InChI=1S/C12H16F2N2O/c1-16-5-6-17-9(8-16)7-15-12-10(13)3-2-4-11(12)14/h2-4,9,15H,5-8H2,1H3. The van der Waals surface area contributed by atoms with Gasteiger partial charge in [-0.2, -0.15) is 0 Å². The van der Waals surface area contributed by atoms with Crippen molar-refractivity contribution in [3.05, 3.63) is 29.8 Å². The van der Waals surface area contributed by atoms with Gasteiger partial charge in [-0.15, -0.1) is 0 Å². The molecule has 1 aliphatic rings. The lowest BCUT2D eigenvalue weighted by Crippen LogP contribution is -2.43. The van der Waals surface area contributed by atoms with E-state index in [0.717, 1.165) is 13.1 Å². The van der Waals surface area contributed by atoms with Crippen LogP contribution in [-0.2, 0) is 4.74 Å². The number of ether oxygens (including phenoxy) is 1. The zero-order valence-corrected chi connectivity index (χ0v) is 9.75. The zero-order chi connectivity index (χ0) is 12.3. The van der Waals surface area contributed by atoms with Crippen LogP contribution in [0.4, 0.5) is 14.5 Å². The largest absolute Gasteiger partial charge is 0.378 e. The molecule has 0 radical (unpaired) electrons. The van der Waals surface area contributed by atoms with Crippen LogP contribution in [0.2, 0.25) is 0 Å². The maximum Gasteiger partial charge on any atom is 0.149 e. The fraction of sp³-hybridized carbons (Fsp3) is 0.500. The van der Waals surface area contributed by atoms with Crippen molar-refractivity contribution in [2.75, 3.05) is 38.6 Å². The number of morpholine rings is 1. The molecule has 3 nitrogen and oxygen atoms in total. The number of likely N-dealkylation sites (N-methyl/N-ethyl adjacent to an activating group) is 1. The molecule has 1 aromatic carbocycles. The summed E-state index contributed by atoms with van der Waals surface area (Å²) in [6, 6.07) is 3.82. The summed E-state index contributed by atoms with van der Waals surface area (Å²) in [7, 11) is 2.00. The third kappa shape index (κ3) is 3.14. The van der Waals surface area contributed by atoms with E-state index in [9.17, 15) is 8.78 Å². The summed E-state index contributed by atoms with van der Waals surface area (Å²) in [6.07, 6.45) is -0.0345. The SMILES string of the molecule is CN1CCOC(CNc2c(F)cccc2F)C1. The van der Waals surface area contributed by atoms with Crippen molar-refractivity contribution in [2.24, 2.45) is 0 Å².